The molecule has 1 aromatic heterocycles. The molecule has 0 aliphatic rings. The van der Waals surface area contributed by atoms with Crippen LogP contribution in [-0.2, 0) is 26.2 Å². The second-order valence-electron chi connectivity index (χ2n) is 9.30. The average molecular weight is 586 g/mol. The van der Waals surface area contributed by atoms with Crippen molar-refractivity contribution in [1.82, 2.24) is 20.0 Å². The van der Waals surface area contributed by atoms with Crippen molar-refractivity contribution in [2.75, 3.05) is 17.2 Å². The van der Waals surface area contributed by atoms with Crippen molar-refractivity contribution in [3.05, 3.63) is 69.0 Å². The van der Waals surface area contributed by atoms with Gasteiger partial charge in [-0.05, 0) is 61.7 Å². The fourth-order valence-corrected chi connectivity index (χ4v) is 5.18. The molecular weight excluding hydrogens is 557 g/mol. The number of anilines is 1. The Hall–Kier alpha value is -4.77. The molecule has 216 valence electrons. The lowest BCUT2D eigenvalue weighted by atomic mass is 10.0. The predicted octanol–water partition coefficient (Wildman–Crippen LogP) is 1.36. The van der Waals surface area contributed by atoms with Gasteiger partial charge >= 0.3 is 5.97 Å². The molecule has 4 N–H and O–H groups in total. The smallest absolute Gasteiger partial charge is 0.326 e. The van der Waals surface area contributed by atoms with Gasteiger partial charge in [0.15, 0.2) is 0 Å². The van der Waals surface area contributed by atoms with Crippen LogP contribution < -0.4 is 20.5 Å². The maximum absolute atomic E-state index is 15.1. The van der Waals surface area contributed by atoms with E-state index in [1.54, 1.807) is 28.7 Å². The monoisotopic (exact) mass is 585 g/mol. The second kappa shape index (κ2) is 12.6. The summed E-state index contributed by atoms with van der Waals surface area (Å²) < 4.78 is 40.5. The highest BCUT2D eigenvalue weighted by atomic mass is 32.2. The molecule has 0 saturated carbocycles. The van der Waals surface area contributed by atoms with Crippen LogP contribution in [0.1, 0.15) is 40.7 Å². The van der Waals surface area contributed by atoms with Gasteiger partial charge in [-0.2, -0.15) is 0 Å². The number of aromatic nitrogens is 2. The molecule has 1 atom stereocenters. The van der Waals surface area contributed by atoms with E-state index in [0.29, 0.717) is 22.4 Å². The topological polar surface area (TPSA) is 179 Å². The number of nitrogens with zero attached hydrogens (tertiary/aromatic N) is 2. The predicted molar refractivity (Wildman–Crippen MR) is 149 cm³/mol. The minimum absolute atomic E-state index is 0.0643. The zero-order valence-electron chi connectivity index (χ0n) is 22.4. The van der Waals surface area contributed by atoms with E-state index >= 15 is 4.39 Å². The summed E-state index contributed by atoms with van der Waals surface area (Å²) in [6, 6.07) is 5.45. The molecule has 3 rings (SSSR count). The molecule has 0 fully saturated rings. The number of carbonyl (C=O) groups is 3. The number of hydrogen-bond donors (Lipinski definition) is 4. The normalized spacial score (nSPS) is 11.9. The highest BCUT2D eigenvalue weighted by Gasteiger charge is 2.25. The molecule has 41 heavy (non-hydrogen) atoms. The Morgan fingerprint density at radius 3 is 2.54 bits per heavy atom. The zero-order valence-corrected chi connectivity index (χ0v) is 23.3. The SMILES string of the molecule is C#CCN(Cc1cc2c(=O)[nH]c(C)nc2cc1C)c1ccc(C(=O)N[C@H](CCS(=O)(=O)NC(C)=O)C(=O)O)c(F)c1. The maximum atomic E-state index is 15.1. The first-order valence-electron chi connectivity index (χ1n) is 12.2. The Labute approximate surface area is 235 Å². The van der Waals surface area contributed by atoms with Crippen molar-refractivity contribution in [3.8, 4) is 12.3 Å². The van der Waals surface area contributed by atoms with Crippen LogP contribution in [0.4, 0.5) is 10.1 Å². The standard InChI is InChI=1S/C27H28FN5O7S/c1-5-9-33(14-18-12-21-24(11-15(18)2)29-16(3)30-26(21)36)19-6-7-20(22(28)13-19)25(35)31-23(27(37)38)8-10-41(39,40)32-17(4)34/h1,6-7,11-13,23H,8-10,14H2,2-4H3,(H,31,35)(H,32,34)(H,37,38)(H,29,30,36)/t23-/m1/s1. The molecule has 0 saturated heterocycles. The third-order valence-corrected chi connectivity index (χ3v) is 7.44. The Balaban J connectivity index is 1.82. The van der Waals surface area contributed by atoms with Gasteiger partial charge < -0.3 is 20.3 Å². The van der Waals surface area contributed by atoms with Gasteiger partial charge in [0.05, 0.1) is 28.8 Å². The number of aryl methyl sites for hydroxylation is 2. The number of sulfonamides is 1. The lowest BCUT2D eigenvalue weighted by molar-refractivity contribution is -0.139. The van der Waals surface area contributed by atoms with Crippen LogP contribution in [0, 0.1) is 32.0 Å². The minimum Gasteiger partial charge on any atom is -0.480 e. The summed E-state index contributed by atoms with van der Waals surface area (Å²) >= 11 is 0. The summed E-state index contributed by atoms with van der Waals surface area (Å²) in [5.41, 5.74) is 1.65. The first kappa shape index (κ1) is 30.8. The fourth-order valence-electron chi connectivity index (χ4n) is 4.10. The van der Waals surface area contributed by atoms with Crippen molar-refractivity contribution in [2.45, 2.75) is 39.8 Å². The van der Waals surface area contributed by atoms with Crippen LogP contribution in [0.15, 0.2) is 35.1 Å². The van der Waals surface area contributed by atoms with Gasteiger partial charge in [0.2, 0.25) is 15.9 Å². The number of benzene rings is 2. The molecule has 14 heteroatoms. The van der Waals surface area contributed by atoms with Gasteiger partial charge in [-0.3, -0.25) is 19.1 Å². The van der Waals surface area contributed by atoms with E-state index in [4.69, 9.17) is 6.42 Å². The molecule has 2 amide bonds. The Morgan fingerprint density at radius 2 is 1.93 bits per heavy atom. The molecule has 0 unspecified atom stereocenters. The van der Waals surface area contributed by atoms with E-state index in [2.05, 4.69) is 21.2 Å². The van der Waals surface area contributed by atoms with Crippen LogP contribution in [-0.4, -0.2) is 59.6 Å². The Kier molecular flexibility index (Phi) is 9.46. The minimum atomic E-state index is -4.12. The van der Waals surface area contributed by atoms with Crippen molar-refractivity contribution in [3.63, 3.8) is 0 Å². The second-order valence-corrected chi connectivity index (χ2v) is 11.1. The van der Waals surface area contributed by atoms with Gasteiger partial charge in [-0.1, -0.05) is 5.92 Å². The number of carbonyl (C=O) groups excluding carboxylic acids is 2. The van der Waals surface area contributed by atoms with E-state index in [-0.39, 0.29) is 18.6 Å². The first-order chi connectivity index (χ1) is 19.2. The van der Waals surface area contributed by atoms with E-state index < -0.39 is 57.4 Å². The average Bonchev–Trinajstić information content (AvgIpc) is 2.85. The summed E-state index contributed by atoms with van der Waals surface area (Å²) in [6.45, 7) is 4.77. The highest BCUT2D eigenvalue weighted by molar-refractivity contribution is 7.90. The fraction of sp³-hybridized carbons (Fsp3) is 0.296. The molecular formula is C27H28FN5O7S. The lowest BCUT2D eigenvalue weighted by Crippen LogP contribution is -2.43. The summed E-state index contributed by atoms with van der Waals surface area (Å²) in [5.74, 6) is -2.21. The maximum Gasteiger partial charge on any atom is 0.326 e. The highest BCUT2D eigenvalue weighted by Crippen LogP contribution is 2.24. The molecule has 0 spiro atoms. The lowest BCUT2D eigenvalue weighted by Gasteiger charge is -2.24. The summed E-state index contributed by atoms with van der Waals surface area (Å²) in [7, 11) is -4.12. The number of hydrogen-bond acceptors (Lipinski definition) is 8. The molecule has 12 nitrogen and oxygen atoms in total. The molecule has 0 bridgehead atoms. The van der Waals surface area contributed by atoms with Crippen molar-refractivity contribution < 1.29 is 32.3 Å². The van der Waals surface area contributed by atoms with Crippen LogP contribution in [0.5, 0.6) is 0 Å². The summed E-state index contributed by atoms with van der Waals surface area (Å²) in [6.07, 6.45) is 4.97. The molecule has 0 radical (unpaired) electrons. The van der Waals surface area contributed by atoms with E-state index in [0.717, 1.165) is 30.2 Å². The third-order valence-electron chi connectivity index (χ3n) is 6.07. The molecule has 2 aromatic carbocycles. The number of carboxylic acids is 1. The quantitative estimate of drug-likeness (QED) is 0.242. The van der Waals surface area contributed by atoms with Crippen LogP contribution in [0.25, 0.3) is 10.9 Å². The number of aliphatic carboxylic acids is 1. The van der Waals surface area contributed by atoms with Crippen molar-refractivity contribution in [2.24, 2.45) is 0 Å². The van der Waals surface area contributed by atoms with Gasteiger partial charge in [-0.25, -0.2) is 22.6 Å². The van der Waals surface area contributed by atoms with E-state index in [1.807, 2.05) is 6.92 Å². The number of aromatic amines is 1. The molecule has 0 aliphatic carbocycles. The van der Waals surface area contributed by atoms with Gasteiger partial charge in [0.25, 0.3) is 11.5 Å². The Morgan fingerprint density at radius 1 is 1.22 bits per heavy atom. The summed E-state index contributed by atoms with van der Waals surface area (Å²) in [5, 5.41) is 11.9. The number of amides is 2. The number of halogens is 1. The van der Waals surface area contributed by atoms with Gasteiger partial charge in [0, 0.05) is 19.2 Å². The number of carboxylic acid groups (broad SMARTS) is 1. The van der Waals surface area contributed by atoms with Crippen LogP contribution >= 0.6 is 0 Å². The van der Waals surface area contributed by atoms with E-state index in [1.165, 1.54) is 6.07 Å². The first-order valence-corrected chi connectivity index (χ1v) is 13.9. The number of terminal acetylenes is 1. The molecule has 1 heterocycles. The van der Waals surface area contributed by atoms with Gasteiger partial charge in [-0.15, -0.1) is 6.42 Å². The van der Waals surface area contributed by atoms with Crippen molar-refractivity contribution >= 4 is 44.4 Å². The molecule has 0 aliphatic heterocycles. The number of rotatable bonds is 11. The summed E-state index contributed by atoms with van der Waals surface area (Å²) in [4.78, 5) is 56.4. The van der Waals surface area contributed by atoms with E-state index in [9.17, 15) is 32.7 Å². The number of nitrogens with one attached hydrogen (secondary N) is 3. The van der Waals surface area contributed by atoms with Crippen LogP contribution in [0.2, 0.25) is 0 Å². The van der Waals surface area contributed by atoms with Crippen molar-refractivity contribution in [1.29, 1.82) is 0 Å². The number of H-pyrrole nitrogens is 1. The third kappa shape index (κ3) is 7.89. The largest absolute Gasteiger partial charge is 0.480 e. The van der Waals surface area contributed by atoms with Gasteiger partial charge in [0.1, 0.15) is 17.7 Å². The van der Waals surface area contributed by atoms with Crippen LogP contribution in [0.3, 0.4) is 0 Å². The zero-order chi connectivity index (χ0) is 30.5. The Bertz CT molecular complexity index is 1730. The number of fused-ring (bicyclic) bond motifs is 1. The molecule has 3 aromatic rings.